The molecule has 0 bridgehead atoms. The Morgan fingerprint density at radius 3 is 2.65 bits per heavy atom. The first-order chi connectivity index (χ1) is 14.7. The summed E-state index contributed by atoms with van der Waals surface area (Å²) >= 11 is 0. The van der Waals surface area contributed by atoms with Crippen molar-refractivity contribution in [2.45, 2.75) is 53.1 Å². The van der Waals surface area contributed by atoms with Gasteiger partial charge >= 0.3 is 0 Å². The fourth-order valence-corrected chi connectivity index (χ4v) is 3.94. The van der Waals surface area contributed by atoms with Crippen molar-refractivity contribution in [3.05, 3.63) is 60.7 Å². The zero-order valence-electron chi connectivity index (χ0n) is 19.2. The maximum Gasteiger partial charge on any atom is 0.144 e. The van der Waals surface area contributed by atoms with Crippen molar-refractivity contribution in [3.63, 3.8) is 0 Å². The van der Waals surface area contributed by atoms with E-state index >= 15 is 0 Å². The number of rotatable bonds is 9. The summed E-state index contributed by atoms with van der Waals surface area (Å²) in [6, 6.07) is 10.6. The van der Waals surface area contributed by atoms with E-state index in [2.05, 4.69) is 38.1 Å². The molecule has 3 aromatic rings. The fourth-order valence-electron chi connectivity index (χ4n) is 3.94. The molecule has 2 heterocycles. The second-order valence-corrected chi connectivity index (χ2v) is 9.04. The van der Waals surface area contributed by atoms with Crippen LogP contribution >= 0.6 is 0 Å². The van der Waals surface area contributed by atoms with Crippen LogP contribution < -0.4 is 0 Å². The molecule has 0 saturated heterocycles. The van der Waals surface area contributed by atoms with Gasteiger partial charge in [0, 0.05) is 30.2 Å². The summed E-state index contributed by atoms with van der Waals surface area (Å²) in [6.07, 6.45) is 3.90. The van der Waals surface area contributed by atoms with Crippen molar-refractivity contribution in [2.24, 2.45) is 5.92 Å². The normalized spacial score (nSPS) is 11.8. The molecular formula is C26H32FN3O. The van der Waals surface area contributed by atoms with E-state index in [1.54, 1.807) is 12.1 Å². The lowest BCUT2D eigenvalue weighted by Gasteiger charge is -2.37. The minimum absolute atomic E-state index is 0.258. The molecule has 0 unspecified atom stereocenters. The molecule has 0 aliphatic carbocycles. The van der Waals surface area contributed by atoms with Crippen LogP contribution in [-0.2, 0) is 11.3 Å². The predicted octanol–water partition coefficient (Wildman–Crippen LogP) is 6.16. The number of fused-ring (bicyclic) bond motifs is 1. The molecule has 3 rings (SSSR count). The number of carbonyl (C=O) groups excluding carboxylic acids is 1. The largest absolute Gasteiger partial charge is 0.358 e. The zero-order chi connectivity index (χ0) is 22.8. The zero-order valence-corrected chi connectivity index (χ0v) is 19.2. The Balaban J connectivity index is 2.14. The number of benzene rings is 1. The number of hydrogen-bond acceptors (Lipinski definition) is 3. The minimum Gasteiger partial charge on any atom is -0.358 e. The van der Waals surface area contributed by atoms with E-state index in [-0.39, 0.29) is 5.82 Å². The molecule has 0 fully saturated rings. The van der Waals surface area contributed by atoms with Gasteiger partial charge in [0.2, 0.25) is 0 Å². The van der Waals surface area contributed by atoms with Crippen LogP contribution in [0.15, 0.2) is 49.2 Å². The molecule has 4 nitrogen and oxygen atoms in total. The van der Waals surface area contributed by atoms with Crippen molar-refractivity contribution in [3.8, 4) is 11.1 Å². The van der Waals surface area contributed by atoms with Gasteiger partial charge in [-0.25, -0.2) is 9.37 Å². The molecule has 1 aromatic carbocycles. The maximum atomic E-state index is 13.9. The summed E-state index contributed by atoms with van der Waals surface area (Å²) in [7, 11) is 0. The lowest BCUT2D eigenvalue weighted by Crippen LogP contribution is -2.44. The van der Waals surface area contributed by atoms with Gasteiger partial charge in [-0.2, -0.15) is 0 Å². The maximum absolute atomic E-state index is 13.9. The van der Waals surface area contributed by atoms with Gasteiger partial charge in [0.05, 0.1) is 16.9 Å². The van der Waals surface area contributed by atoms with Gasteiger partial charge in [-0.1, -0.05) is 39.5 Å². The molecule has 164 valence electrons. The van der Waals surface area contributed by atoms with Gasteiger partial charge in [-0.15, -0.1) is 0 Å². The fraction of sp³-hybridized carbons (Fsp3) is 0.385. The van der Waals surface area contributed by atoms with Crippen LogP contribution in [-0.4, -0.2) is 32.8 Å². The van der Waals surface area contributed by atoms with Crippen molar-refractivity contribution in [1.29, 1.82) is 0 Å². The SMILES string of the molecule is C=C(c1ccc2c(-c3cccc(F)c3)cn(CC(C)C)c2n1)N(CCC)C(C)(C)C=O. The Morgan fingerprint density at radius 2 is 2.03 bits per heavy atom. The molecule has 0 atom stereocenters. The molecule has 0 radical (unpaired) electrons. The minimum atomic E-state index is -0.670. The Morgan fingerprint density at radius 1 is 1.29 bits per heavy atom. The monoisotopic (exact) mass is 421 g/mol. The molecule has 2 aromatic heterocycles. The van der Waals surface area contributed by atoms with Crippen LogP contribution in [0.25, 0.3) is 27.9 Å². The lowest BCUT2D eigenvalue weighted by atomic mass is 10.0. The molecule has 0 amide bonds. The van der Waals surface area contributed by atoms with E-state index in [1.807, 2.05) is 36.9 Å². The van der Waals surface area contributed by atoms with Crippen molar-refractivity contribution in [1.82, 2.24) is 14.5 Å². The number of carbonyl (C=O) groups is 1. The van der Waals surface area contributed by atoms with Gasteiger partial charge in [0.15, 0.2) is 0 Å². The molecule has 0 aliphatic rings. The van der Waals surface area contributed by atoms with E-state index < -0.39 is 5.54 Å². The Bertz CT molecular complexity index is 1100. The lowest BCUT2D eigenvalue weighted by molar-refractivity contribution is -0.115. The van der Waals surface area contributed by atoms with E-state index in [1.165, 1.54) is 6.07 Å². The van der Waals surface area contributed by atoms with E-state index in [0.29, 0.717) is 12.5 Å². The summed E-state index contributed by atoms with van der Waals surface area (Å²) < 4.78 is 16.0. The van der Waals surface area contributed by atoms with Crippen LogP contribution in [0.5, 0.6) is 0 Å². The first-order valence-corrected chi connectivity index (χ1v) is 10.9. The van der Waals surface area contributed by atoms with Crippen LogP contribution in [0.3, 0.4) is 0 Å². The van der Waals surface area contributed by atoms with Crippen molar-refractivity contribution < 1.29 is 9.18 Å². The Labute approximate surface area is 184 Å². The quantitative estimate of drug-likeness (QED) is 0.388. The average molecular weight is 422 g/mol. The number of nitrogens with zero attached hydrogens (tertiary/aromatic N) is 3. The number of pyridine rings is 1. The van der Waals surface area contributed by atoms with Gasteiger partial charge < -0.3 is 14.3 Å². The third kappa shape index (κ3) is 4.71. The molecule has 31 heavy (non-hydrogen) atoms. The summed E-state index contributed by atoms with van der Waals surface area (Å²) in [5.41, 5.74) is 3.42. The number of hydrogen-bond donors (Lipinski definition) is 0. The second-order valence-electron chi connectivity index (χ2n) is 9.04. The highest BCUT2D eigenvalue weighted by atomic mass is 19.1. The third-order valence-electron chi connectivity index (χ3n) is 5.47. The van der Waals surface area contributed by atoms with E-state index in [9.17, 15) is 9.18 Å². The topological polar surface area (TPSA) is 38.1 Å². The van der Waals surface area contributed by atoms with Crippen molar-refractivity contribution >= 4 is 23.0 Å². The van der Waals surface area contributed by atoms with E-state index in [4.69, 9.17) is 4.98 Å². The Kier molecular flexibility index (Phi) is 6.63. The van der Waals surface area contributed by atoms with Gasteiger partial charge in [0.25, 0.3) is 0 Å². The average Bonchev–Trinajstić information content (AvgIpc) is 3.08. The van der Waals surface area contributed by atoms with Crippen LogP contribution in [0.4, 0.5) is 4.39 Å². The molecular weight excluding hydrogens is 389 g/mol. The predicted molar refractivity (Wildman–Crippen MR) is 126 cm³/mol. The standard InChI is InChI=1S/C26H32FN3O/c1-7-13-30(26(5,6)17-31)19(4)24-12-11-22-23(20-9-8-10-21(27)14-20)16-29(15-18(2)3)25(22)28-24/h8-12,14,16-18H,4,7,13,15H2,1-3,5-6H3. The van der Waals surface area contributed by atoms with Crippen molar-refractivity contribution in [2.75, 3.05) is 6.54 Å². The molecule has 0 saturated carbocycles. The number of aromatic nitrogens is 2. The second kappa shape index (κ2) is 9.04. The van der Waals surface area contributed by atoms with Gasteiger partial charge in [0.1, 0.15) is 17.8 Å². The smallest absolute Gasteiger partial charge is 0.144 e. The highest BCUT2D eigenvalue weighted by molar-refractivity contribution is 5.95. The molecule has 0 N–H and O–H groups in total. The van der Waals surface area contributed by atoms with E-state index in [0.717, 1.165) is 52.8 Å². The molecule has 0 aliphatic heterocycles. The third-order valence-corrected chi connectivity index (χ3v) is 5.47. The molecule has 0 spiro atoms. The summed E-state index contributed by atoms with van der Waals surface area (Å²) in [5, 5.41) is 0.972. The highest BCUT2D eigenvalue weighted by Crippen LogP contribution is 2.33. The number of aldehydes is 1. The molecule has 5 heteroatoms. The highest BCUT2D eigenvalue weighted by Gasteiger charge is 2.28. The first kappa shape index (κ1) is 22.7. The Hall–Kier alpha value is -2.95. The summed E-state index contributed by atoms with van der Waals surface area (Å²) in [6.45, 7) is 16.0. The van der Waals surface area contributed by atoms with Crippen LogP contribution in [0, 0.1) is 11.7 Å². The van der Waals surface area contributed by atoms with Crippen LogP contribution in [0.1, 0.15) is 46.7 Å². The summed E-state index contributed by atoms with van der Waals surface area (Å²) in [5.74, 6) is 0.168. The summed E-state index contributed by atoms with van der Waals surface area (Å²) in [4.78, 5) is 18.7. The number of halogens is 1. The van der Waals surface area contributed by atoms with Crippen LogP contribution in [0.2, 0.25) is 0 Å². The van der Waals surface area contributed by atoms with Gasteiger partial charge in [-0.3, -0.25) is 0 Å². The van der Waals surface area contributed by atoms with Gasteiger partial charge in [-0.05, 0) is 56.0 Å². The first-order valence-electron chi connectivity index (χ1n) is 10.9.